The number of aliphatic hydroxyl groups excluding tert-OH is 1. The second-order valence-corrected chi connectivity index (χ2v) is 7.46. The van der Waals surface area contributed by atoms with Gasteiger partial charge < -0.3 is 24.1 Å². The third kappa shape index (κ3) is 3.99. The van der Waals surface area contributed by atoms with Gasteiger partial charge in [0.15, 0.2) is 0 Å². The number of carbonyl (C=O) groups is 1. The highest BCUT2D eigenvalue weighted by molar-refractivity contribution is 5.97. The number of likely N-dealkylation sites (N-methyl/N-ethyl adjacent to an activating group) is 1. The molecule has 27 heavy (non-hydrogen) atoms. The van der Waals surface area contributed by atoms with Gasteiger partial charge in [-0.2, -0.15) is 0 Å². The van der Waals surface area contributed by atoms with Crippen molar-refractivity contribution >= 4 is 16.9 Å². The first kappa shape index (κ1) is 19.4. The number of carbonyl (C=O) groups excluding carboxylic acids is 1. The maximum absolute atomic E-state index is 13.0. The third-order valence-corrected chi connectivity index (χ3v) is 4.90. The number of ether oxygens (including phenoxy) is 1. The van der Waals surface area contributed by atoms with Crippen LogP contribution in [-0.2, 0) is 0 Å². The summed E-state index contributed by atoms with van der Waals surface area (Å²) in [5.41, 5.74) is -0.321. The lowest BCUT2D eigenvalue weighted by atomic mass is 10.1. The zero-order valence-electron chi connectivity index (χ0n) is 16.1. The van der Waals surface area contributed by atoms with Crippen LogP contribution < -0.4 is 10.4 Å². The Morgan fingerprint density at radius 1 is 1.37 bits per heavy atom. The molecular formula is C20H26N2O5. The van der Waals surface area contributed by atoms with Crippen molar-refractivity contribution in [3.63, 3.8) is 0 Å². The van der Waals surface area contributed by atoms with Crippen molar-refractivity contribution in [2.75, 3.05) is 27.2 Å². The largest absolute Gasteiger partial charge is 0.491 e. The Morgan fingerprint density at radius 2 is 2.11 bits per heavy atom. The summed E-state index contributed by atoms with van der Waals surface area (Å²) in [6.45, 7) is 4.16. The average Bonchev–Trinajstić information content (AvgIpc) is 3.04. The zero-order valence-corrected chi connectivity index (χ0v) is 16.1. The monoisotopic (exact) mass is 374 g/mol. The van der Waals surface area contributed by atoms with Crippen molar-refractivity contribution in [1.82, 2.24) is 9.80 Å². The molecule has 1 aromatic heterocycles. The molecule has 1 aliphatic heterocycles. The lowest BCUT2D eigenvalue weighted by Gasteiger charge is -2.23. The molecule has 0 spiro atoms. The summed E-state index contributed by atoms with van der Waals surface area (Å²) >= 11 is 0. The minimum absolute atomic E-state index is 0.00486. The molecule has 2 aromatic rings. The molecule has 0 saturated carbocycles. The van der Waals surface area contributed by atoms with E-state index in [-0.39, 0.29) is 30.4 Å². The van der Waals surface area contributed by atoms with Crippen LogP contribution in [0.15, 0.2) is 33.5 Å². The van der Waals surface area contributed by atoms with Gasteiger partial charge in [-0.05, 0) is 52.6 Å². The van der Waals surface area contributed by atoms with Gasteiger partial charge in [-0.25, -0.2) is 4.79 Å². The molecule has 0 aliphatic carbocycles. The highest BCUT2D eigenvalue weighted by atomic mass is 16.5. The SMILES string of the molecule is CC(C)Oc1ccc2cc(C(=O)N3C[C@H](N(C)C)C[C@H]3CO)c(=O)oc2c1. The van der Waals surface area contributed by atoms with Gasteiger partial charge in [0.1, 0.15) is 16.9 Å². The second-order valence-electron chi connectivity index (χ2n) is 7.46. The van der Waals surface area contributed by atoms with Crippen molar-refractivity contribution in [3.8, 4) is 5.75 Å². The lowest BCUT2D eigenvalue weighted by Crippen LogP contribution is -2.40. The highest BCUT2D eigenvalue weighted by Crippen LogP contribution is 2.25. The maximum atomic E-state index is 13.0. The number of rotatable bonds is 5. The quantitative estimate of drug-likeness (QED) is 0.803. The number of benzene rings is 1. The smallest absolute Gasteiger partial charge is 0.349 e. The van der Waals surface area contributed by atoms with Gasteiger partial charge in [-0.1, -0.05) is 0 Å². The van der Waals surface area contributed by atoms with Crippen LogP contribution in [-0.4, -0.2) is 66.2 Å². The summed E-state index contributed by atoms with van der Waals surface area (Å²) < 4.78 is 11.0. The highest BCUT2D eigenvalue weighted by Gasteiger charge is 2.37. The summed E-state index contributed by atoms with van der Waals surface area (Å²) in [5.74, 6) is 0.199. The van der Waals surface area contributed by atoms with Crippen LogP contribution >= 0.6 is 0 Å². The molecule has 7 heteroatoms. The number of hydrogen-bond donors (Lipinski definition) is 1. The van der Waals surface area contributed by atoms with Crippen molar-refractivity contribution < 1.29 is 19.1 Å². The van der Waals surface area contributed by atoms with E-state index in [2.05, 4.69) is 0 Å². The van der Waals surface area contributed by atoms with Gasteiger partial charge in [0.2, 0.25) is 0 Å². The van der Waals surface area contributed by atoms with Crippen LogP contribution in [0.3, 0.4) is 0 Å². The van der Waals surface area contributed by atoms with E-state index in [1.807, 2.05) is 32.8 Å². The van der Waals surface area contributed by atoms with E-state index in [0.29, 0.717) is 29.7 Å². The number of aliphatic hydroxyl groups is 1. The van der Waals surface area contributed by atoms with Gasteiger partial charge in [-0.15, -0.1) is 0 Å². The van der Waals surface area contributed by atoms with Gasteiger partial charge in [-0.3, -0.25) is 4.79 Å². The van der Waals surface area contributed by atoms with E-state index < -0.39 is 11.5 Å². The van der Waals surface area contributed by atoms with E-state index in [0.717, 1.165) is 0 Å². The fourth-order valence-electron chi connectivity index (χ4n) is 3.43. The Morgan fingerprint density at radius 3 is 2.74 bits per heavy atom. The first-order valence-electron chi connectivity index (χ1n) is 9.13. The van der Waals surface area contributed by atoms with Crippen molar-refractivity contribution in [2.24, 2.45) is 0 Å². The van der Waals surface area contributed by atoms with Crippen LogP contribution in [0, 0.1) is 0 Å². The van der Waals surface area contributed by atoms with Gasteiger partial charge in [0.05, 0.1) is 18.8 Å². The summed E-state index contributed by atoms with van der Waals surface area (Å²) in [6, 6.07) is 6.60. The summed E-state index contributed by atoms with van der Waals surface area (Å²) in [7, 11) is 3.88. The molecule has 1 N–H and O–H groups in total. The molecule has 7 nitrogen and oxygen atoms in total. The number of hydrogen-bond acceptors (Lipinski definition) is 6. The van der Waals surface area contributed by atoms with E-state index in [1.165, 1.54) is 0 Å². The van der Waals surface area contributed by atoms with E-state index >= 15 is 0 Å². The standard InChI is InChI=1S/C20H26N2O5/c1-12(2)26-16-6-5-13-7-17(20(25)27-18(13)9-16)19(24)22-10-14(21(3)4)8-15(22)11-23/h5-7,9,12,14-15,23H,8,10-11H2,1-4H3/t14-,15+/m1/s1. The molecular weight excluding hydrogens is 348 g/mol. The molecule has 0 radical (unpaired) electrons. The maximum Gasteiger partial charge on any atom is 0.349 e. The van der Waals surface area contributed by atoms with Gasteiger partial charge in [0, 0.05) is 24.0 Å². The average molecular weight is 374 g/mol. The Kier molecular flexibility index (Phi) is 5.53. The number of fused-ring (bicyclic) bond motifs is 1. The Hall–Kier alpha value is -2.38. The molecule has 1 fully saturated rings. The van der Waals surface area contributed by atoms with Crippen LogP contribution in [0.25, 0.3) is 11.0 Å². The predicted molar refractivity (Wildman–Crippen MR) is 102 cm³/mol. The number of likely N-dealkylation sites (tertiary alicyclic amines) is 1. The Bertz CT molecular complexity index is 890. The molecule has 2 atom stereocenters. The van der Waals surface area contributed by atoms with E-state index in [9.17, 15) is 14.7 Å². The van der Waals surface area contributed by atoms with Crippen LogP contribution in [0.5, 0.6) is 5.75 Å². The molecule has 1 amide bonds. The van der Waals surface area contributed by atoms with Crippen LogP contribution in [0.1, 0.15) is 30.6 Å². The molecule has 1 aliphatic rings. The molecule has 2 heterocycles. The minimum atomic E-state index is -0.681. The van der Waals surface area contributed by atoms with Crippen molar-refractivity contribution in [3.05, 3.63) is 40.2 Å². The molecule has 1 aromatic carbocycles. The Balaban J connectivity index is 1.93. The topological polar surface area (TPSA) is 83.2 Å². The lowest BCUT2D eigenvalue weighted by molar-refractivity contribution is 0.0669. The fraction of sp³-hybridized carbons (Fsp3) is 0.500. The van der Waals surface area contributed by atoms with Crippen LogP contribution in [0.2, 0.25) is 0 Å². The van der Waals surface area contributed by atoms with E-state index in [4.69, 9.17) is 9.15 Å². The molecule has 146 valence electrons. The second kappa shape index (κ2) is 7.70. The third-order valence-electron chi connectivity index (χ3n) is 4.90. The van der Waals surface area contributed by atoms with Crippen molar-refractivity contribution in [2.45, 2.75) is 38.5 Å². The molecule has 0 unspecified atom stereocenters. The van der Waals surface area contributed by atoms with E-state index in [1.54, 1.807) is 29.2 Å². The zero-order chi connectivity index (χ0) is 19.7. The first-order chi connectivity index (χ1) is 12.8. The minimum Gasteiger partial charge on any atom is -0.491 e. The molecule has 3 rings (SSSR count). The normalized spacial score (nSPS) is 20.0. The number of nitrogens with zero attached hydrogens (tertiary/aromatic N) is 2. The van der Waals surface area contributed by atoms with Crippen LogP contribution in [0.4, 0.5) is 0 Å². The van der Waals surface area contributed by atoms with Gasteiger partial charge in [0.25, 0.3) is 5.91 Å². The summed E-state index contributed by atoms with van der Waals surface area (Å²) in [6.07, 6.45) is 0.676. The predicted octanol–water partition coefficient (Wildman–Crippen LogP) is 1.72. The van der Waals surface area contributed by atoms with Crippen molar-refractivity contribution in [1.29, 1.82) is 0 Å². The molecule has 0 bridgehead atoms. The summed E-state index contributed by atoms with van der Waals surface area (Å²) in [4.78, 5) is 29.0. The Labute approximate surface area is 158 Å². The molecule has 1 saturated heterocycles. The van der Waals surface area contributed by atoms with Gasteiger partial charge >= 0.3 is 5.63 Å². The first-order valence-corrected chi connectivity index (χ1v) is 9.13. The fourth-order valence-corrected chi connectivity index (χ4v) is 3.43. The number of amides is 1. The summed E-state index contributed by atoms with van der Waals surface area (Å²) in [5, 5.41) is 10.3.